The number of aryl methyl sites for hydroxylation is 1. The van der Waals surface area contributed by atoms with Gasteiger partial charge in [-0.2, -0.15) is 10.2 Å². The molecule has 0 saturated carbocycles. The molecule has 86 valence electrons. The topological polar surface area (TPSA) is 92.7 Å². The van der Waals surface area contributed by atoms with Crippen molar-refractivity contribution in [3.8, 4) is 0 Å². The predicted molar refractivity (Wildman–Crippen MR) is 55.8 cm³/mol. The van der Waals surface area contributed by atoms with Gasteiger partial charge in [0.1, 0.15) is 4.90 Å². The van der Waals surface area contributed by atoms with Gasteiger partial charge in [0.2, 0.25) is 10.0 Å². The minimum Gasteiger partial charge on any atom is -0.281 e. The molecule has 0 fully saturated rings. The average molecular weight is 241 g/mol. The van der Waals surface area contributed by atoms with Crippen molar-refractivity contribution in [1.82, 2.24) is 24.7 Å². The van der Waals surface area contributed by atoms with E-state index in [0.717, 1.165) is 0 Å². The number of H-pyrrole nitrogens is 1. The van der Waals surface area contributed by atoms with Crippen molar-refractivity contribution < 1.29 is 8.42 Å². The Hall–Kier alpha value is -1.67. The summed E-state index contributed by atoms with van der Waals surface area (Å²) in [5, 5.41) is 10.2. The summed E-state index contributed by atoms with van der Waals surface area (Å²) in [6.45, 7) is 0.178. The number of sulfonamides is 1. The van der Waals surface area contributed by atoms with E-state index < -0.39 is 10.0 Å². The van der Waals surface area contributed by atoms with Gasteiger partial charge in [0.25, 0.3) is 0 Å². The molecule has 0 atom stereocenters. The Morgan fingerprint density at radius 1 is 1.56 bits per heavy atom. The van der Waals surface area contributed by atoms with Crippen LogP contribution in [0.1, 0.15) is 5.69 Å². The molecule has 2 heterocycles. The second-order valence-electron chi connectivity index (χ2n) is 3.26. The largest absolute Gasteiger partial charge is 0.281 e. The lowest BCUT2D eigenvalue weighted by molar-refractivity contribution is 0.580. The molecule has 0 aliphatic rings. The highest BCUT2D eigenvalue weighted by molar-refractivity contribution is 7.89. The van der Waals surface area contributed by atoms with Crippen LogP contribution in [-0.2, 0) is 23.6 Å². The molecule has 0 spiro atoms. The first kappa shape index (κ1) is 10.8. The molecule has 0 aliphatic carbocycles. The molecule has 16 heavy (non-hydrogen) atoms. The highest BCUT2D eigenvalue weighted by Crippen LogP contribution is 2.06. The minimum absolute atomic E-state index is 0.148. The van der Waals surface area contributed by atoms with Crippen LogP contribution < -0.4 is 4.72 Å². The maximum Gasteiger partial charge on any atom is 0.244 e. The zero-order chi connectivity index (χ0) is 11.6. The molecule has 8 heteroatoms. The summed E-state index contributed by atoms with van der Waals surface area (Å²) in [4.78, 5) is 0.148. The van der Waals surface area contributed by atoms with Crippen LogP contribution >= 0.6 is 0 Å². The van der Waals surface area contributed by atoms with E-state index in [1.54, 1.807) is 19.3 Å². The van der Waals surface area contributed by atoms with E-state index in [-0.39, 0.29) is 11.4 Å². The van der Waals surface area contributed by atoms with Gasteiger partial charge < -0.3 is 0 Å². The summed E-state index contributed by atoms with van der Waals surface area (Å²) < 4.78 is 27.4. The molecule has 2 N–H and O–H groups in total. The quantitative estimate of drug-likeness (QED) is 0.763. The fraction of sp³-hybridized carbons (Fsp3) is 0.250. The molecule has 0 saturated heterocycles. The fourth-order valence-corrected chi connectivity index (χ4v) is 2.17. The normalized spacial score (nSPS) is 11.8. The lowest BCUT2D eigenvalue weighted by Crippen LogP contribution is -2.23. The van der Waals surface area contributed by atoms with Gasteiger partial charge in [0, 0.05) is 19.4 Å². The summed E-state index contributed by atoms with van der Waals surface area (Å²) >= 11 is 0. The van der Waals surface area contributed by atoms with E-state index in [0.29, 0.717) is 5.69 Å². The minimum atomic E-state index is -3.50. The Bertz CT molecular complexity index is 557. The lowest BCUT2D eigenvalue weighted by atomic mass is 10.4. The average Bonchev–Trinajstić information content (AvgIpc) is 2.85. The van der Waals surface area contributed by atoms with Crippen LogP contribution in [0, 0.1) is 0 Å². The van der Waals surface area contributed by atoms with Crippen molar-refractivity contribution in [2.45, 2.75) is 11.4 Å². The molecule has 0 unspecified atom stereocenters. The molecule has 0 aromatic carbocycles. The van der Waals surface area contributed by atoms with Crippen LogP contribution in [0.25, 0.3) is 0 Å². The number of nitrogens with one attached hydrogen (secondary N) is 2. The number of hydrogen-bond donors (Lipinski definition) is 2. The van der Waals surface area contributed by atoms with Crippen molar-refractivity contribution in [3.05, 3.63) is 30.4 Å². The standard InChI is InChI=1S/C8H11N5O2S/c1-13-6-8(5-10-13)16(14,15)11-4-7-2-3-9-12-7/h2-3,5-6,11H,4H2,1H3,(H,9,12). The van der Waals surface area contributed by atoms with Gasteiger partial charge in [-0.15, -0.1) is 0 Å². The van der Waals surface area contributed by atoms with Crippen molar-refractivity contribution in [3.63, 3.8) is 0 Å². The van der Waals surface area contributed by atoms with Crippen LogP contribution in [0.2, 0.25) is 0 Å². The van der Waals surface area contributed by atoms with Gasteiger partial charge in [0.05, 0.1) is 18.4 Å². The highest BCUT2D eigenvalue weighted by atomic mass is 32.2. The van der Waals surface area contributed by atoms with E-state index in [9.17, 15) is 8.42 Å². The van der Waals surface area contributed by atoms with Crippen LogP contribution in [0.15, 0.2) is 29.6 Å². The van der Waals surface area contributed by atoms with Gasteiger partial charge in [-0.05, 0) is 6.07 Å². The molecule has 7 nitrogen and oxygen atoms in total. The highest BCUT2D eigenvalue weighted by Gasteiger charge is 2.15. The van der Waals surface area contributed by atoms with E-state index in [1.165, 1.54) is 17.1 Å². The maximum atomic E-state index is 11.7. The van der Waals surface area contributed by atoms with E-state index in [1.807, 2.05) is 0 Å². The number of hydrogen-bond acceptors (Lipinski definition) is 4. The number of aromatic amines is 1. The second kappa shape index (κ2) is 4.06. The lowest BCUT2D eigenvalue weighted by Gasteiger charge is -2.02. The van der Waals surface area contributed by atoms with Crippen LogP contribution in [-0.4, -0.2) is 28.4 Å². The Kier molecular flexibility index (Phi) is 2.75. The van der Waals surface area contributed by atoms with E-state index >= 15 is 0 Å². The van der Waals surface area contributed by atoms with Crippen molar-refractivity contribution in [2.75, 3.05) is 0 Å². The van der Waals surface area contributed by atoms with Crippen LogP contribution in [0.5, 0.6) is 0 Å². The molecule has 0 radical (unpaired) electrons. The number of rotatable bonds is 4. The smallest absolute Gasteiger partial charge is 0.244 e. The van der Waals surface area contributed by atoms with Gasteiger partial charge in [-0.1, -0.05) is 0 Å². The third-order valence-corrected chi connectivity index (χ3v) is 3.36. The van der Waals surface area contributed by atoms with Crippen LogP contribution in [0.4, 0.5) is 0 Å². The Morgan fingerprint density at radius 3 is 2.94 bits per heavy atom. The number of aromatic nitrogens is 4. The summed E-state index contributed by atoms with van der Waals surface area (Å²) in [6, 6.07) is 1.70. The van der Waals surface area contributed by atoms with Gasteiger partial charge in [0.15, 0.2) is 0 Å². The summed E-state index contributed by atoms with van der Waals surface area (Å²) in [7, 11) is -1.84. The molecular weight excluding hydrogens is 230 g/mol. The predicted octanol–water partition coefficient (Wildman–Crippen LogP) is -0.378. The van der Waals surface area contributed by atoms with Crippen molar-refractivity contribution in [1.29, 1.82) is 0 Å². The molecular formula is C8H11N5O2S. The molecule has 0 aliphatic heterocycles. The zero-order valence-electron chi connectivity index (χ0n) is 8.58. The van der Waals surface area contributed by atoms with Crippen molar-refractivity contribution in [2.24, 2.45) is 7.05 Å². The molecule has 2 aromatic rings. The van der Waals surface area contributed by atoms with E-state index in [4.69, 9.17) is 0 Å². The fourth-order valence-electron chi connectivity index (χ4n) is 1.18. The van der Waals surface area contributed by atoms with E-state index in [2.05, 4.69) is 20.0 Å². The third kappa shape index (κ3) is 2.28. The third-order valence-electron chi connectivity index (χ3n) is 2.00. The first-order valence-electron chi connectivity index (χ1n) is 4.54. The van der Waals surface area contributed by atoms with Gasteiger partial charge in [-0.25, -0.2) is 13.1 Å². The van der Waals surface area contributed by atoms with Crippen molar-refractivity contribution >= 4 is 10.0 Å². The van der Waals surface area contributed by atoms with Gasteiger partial charge >= 0.3 is 0 Å². The Morgan fingerprint density at radius 2 is 2.38 bits per heavy atom. The second-order valence-corrected chi connectivity index (χ2v) is 5.02. The first-order valence-corrected chi connectivity index (χ1v) is 6.03. The molecule has 0 bridgehead atoms. The monoisotopic (exact) mass is 241 g/mol. The first-order chi connectivity index (χ1) is 7.58. The molecule has 2 rings (SSSR count). The number of nitrogens with zero attached hydrogens (tertiary/aromatic N) is 3. The van der Waals surface area contributed by atoms with Crippen LogP contribution in [0.3, 0.4) is 0 Å². The molecule has 0 amide bonds. The molecule has 2 aromatic heterocycles. The maximum absolute atomic E-state index is 11.7. The summed E-state index contributed by atoms with van der Waals surface area (Å²) in [5.41, 5.74) is 0.701. The Labute approximate surface area is 92.5 Å². The summed E-state index contributed by atoms with van der Waals surface area (Å²) in [5.74, 6) is 0. The Balaban J connectivity index is 2.09. The SMILES string of the molecule is Cn1cc(S(=O)(=O)NCc2ccn[nH]2)cn1. The van der Waals surface area contributed by atoms with Gasteiger partial charge in [-0.3, -0.25) is 9.78 Å². The summed E-state index contributed by atoms with van der Waals surface area (Å²) in [6.07, 6.45) is 4.30. The zero-order valence-corrected chi connectivity index (χ0v) is 9.40.